The molecule has 0 N–H and O–H groups in total. The zero-order valence-corrected chi connectivity index (χ0v) is 19.1. The van der Waals surface area contributed by atoms with Crippen LogP contribution in [0.2, 0.25) is 0 Å². The van der Waals surface area contributed by atoms with Crippen molar-refractivity contribution in [2.45, 2.75) is 52.6 Å². The maximum absolute atomic E-state index is 3.28. The quantitative estimate of drug-likeness (QED) is 0.284. The zero-order valence-electron chi connectivity index (χ0n) is 19.1. The SMILES string of the molecule is CCCC[n+]1ccn(-c2ccc(C#Cc3ccc(-n4cc[n+](CCCC)c4)cc3)cc2)c1. The van der Waals surface area contributed by atoms with Crippen molar-refractivity contribution in [3.8, 4) is 23.2 Å². The molecule has 2 aromatic heterocycles. The molecule has 0 saturated heterocycles. The Morgan fingerprint density at radius 1 is 0.625 bits per heavy atom. The van der Waals surface area contributed by atoms with E-state index in [-0.39, 0.29) is 0 Å². The second-order valence-electron chi connectivity index (χ2n) is 8.17. The van der Waals surface area contributed by atoms with Crippen molar-refractivity contribution in [1.82, 2.24) is 9.13 Å². The number of aryl methyl sites for hydroxylation is 2. The van der Waals surface area contributed by atoms with E-state index in [0.717, 1.165) is 35.6 Å². The summed E-state index contributed by atoms with van der Waals surface area (Å²) in [6.07, 6.45) is 17.6. The fourth-order valence-corrected chi connectivity index (χ4v) is 3.62. The summed E-state index contributed by atoms with van der Waals surface area (Å²) in [5.41, 5.74) is 4.34. The Hall–Kier alpha value is -3.58. The number of imidazole rings is 2. The summed E-state index contributed by atoms with van der Waals surface area (Å²) in [5.74, 6) is 6.57. The molecule has 162 valence electrons. The molecular formula is C28H32N4+2. The van der Waals surface area contributed by atoms with E-state index in [1.165, 1.54) is 25.7 Å². The summed E-state index contributed by atoms with van der Waals surface area (Å²) in [4.78, 5) is 0. The minimum absolute atomic E-state index is 1.02. The molecule has 0 bridgehead atoms. The third-order valence-electron chi connectivity index (χ3n) is 5.60. The summed E-state index contributed by atoms with van der Waals surface area (Å²) in [5, 5.41) is 0. The lowest BCUT2D eigenvalue weighted by Gasteiger charge is -1.97. The Kier molecular flexibility index (Phi) is 7.19. The van der Waals surface area contributed by atoms with Crippen molar-refractivity contribution in [2.24, 2.45) is 0 Å². The van der Waals surface area contributed by atoms with Crippen molar-refractivity contribution in [1.29, 1.82) is 0 Å². The van der Waals surface area contributed by atoms with Gasteiger partial charge in [0.05, 0.1) is 13.1 Å². The highest BCUT2D eigenvalue weighted by molar-refractivity contribution is 5.47. The first-order valence-corrected chi connectivity index (χ1v) is 11.6. The lowest BCUT2D eigenvalue weighted by Crippen LogP contribution is -2.30. The lowest BCUT2D eigenvalue weighted by molar-refractivity contribution is -0.696. The van der Waals surface area contributed by atoms with E-state index in [2.05, 4.69) is 130 Å². The number of aromatic nitrogens is 4. The summed E-state index contributed by atoms with van der Waals surface area (Å²) in [6.45, 7) is 6.57. The van der Waals surface area contributed by atoms with Gasteiger partial charge in [0, 0.05) is 11.1 Å². The zero-order chi connectivity index (χ0) is 22.2. The Morgan fingerprint density at radius 3 is 1.41 bits per heavy atom. The lowest BCUT2D eigenvalue weighted by atomic mass is 10.1. The van der Waals surface area contributed by atoms with Gasteiger partial charge in [-0.2, -0.15) is 0 Å². The van der Waals surface area contributed by atoms with Gasteiger partial charge in [-0.15, -0.1) is 0 Å². The van der Waals surface area contributed by atoms with Crippen LogP contribution in [0, 0.1) is 11.8 Å². The molecule has 2 heterocycles. The van der Waals surface area contributed by atoms with Crippen LogP contribution in [-0.2, 0) is 13.1 Å². The van der Waals surface area contributed by atoms with Crippen molar-refractivity contribution >= 4 is 0 Å². The molecule has 0 atom stereocenters. The number of rotatable bonds is 8. The van der Waals surface area contributed by atoms with Crippen LogP contribution < -0.4 is 9.13 Å². The Bertz CT molecular complexity index is 1090. The monoisotopic (exact) mass is 424 g/mol. The van der Waals surface area contributed by atoms with Crippen LogP contribution in [0.4, 0.5) is 0 Å². The van der Waals surface area contributed by atoms with Crippen LogP contribution in [0.5, 0.6) is 0 Å². The molecule has 0 aliphatic carbocycles. The predicted octanol–water partition coefficient (Wildman–Crippen LogP) is 4.84. The maximum atomic E-state index is 3.28. The molecule has 0 fully saturated rings. The molecule has 4 heteroatoms. The van der Waals surface area contributed by atoms with Gasteiger partial charge in [0.2, 0.25) is 12.7 Å². The van der Waals surface area contributed by atoms with Gasteiger partial charge in [-0.1, -0.05) is 38.5 Å². The largest absolute Gasteiger partial charge is 0.248 e. The molecule has 4 nitrogen and oxygen atoms in total. The Morgan fingerprint density at radius 2 is 1.03 bits per heavy atom. The van der Waals surface area contributed by atoms with Crippen molar-refractivity contribution < 1.29 is 9.13 Å². The van der Waals surface area contributed by atoms with Crippen LogP contribution in [0.15, 0.2) is 86.0 Å². The molecule has 0 aliphatic heterocycles. The second kappa shape index (κ2) is 10.6. The highest BCUT2D eigenvalue weighted by Gasteiger charge is 2.07. The average Bonchev–Trinajstić information content (AvgIpc) is 3.51. The smallest absolute Gasteiger partial charge is 0.236 e. The molecule has 0 amide bonds. The van der Waals surface area contributed by atoms with E-state index in [4.69, 9.17) is 0 Å². The van der Waals surface area contributed by atoms with Crippen molar-refractivity contribution in [2.75, 3.05) is 0 Å². The first kappa shape index (κ1) is 21.6. The molecule has 2 aromatic carbocycles. The summed E-state index contributed by atoms with van der Waals surface area (Å²) < 4.78 is 8.77. The molecule has 0 spiro atoms. The Labute approximate surface area is 191 Å². The molecular weight excluding hydrogens is 392 g/mol. The van der Waals surface area contributed by atoms with E-state index in [9.17, 15) is 0 Å². The minimum atomic E-state index is 1.02. The fraction of sp³-hybridized carbons (Fsp3) is 0.286. The number of benzene rings is 2. The summed E-state index contributed by atoms with van der Waals surface area (Å²) >= 11 is 0. The van der Waals surface area contributed by atoms with E-state index >= 15 is 0 Å². The topological polar surface area (TPSA) is 17.6 Å². The standard InChI is InChI=1S/C28H32N4/c1-3-5-17-29-19-21-31(23-29)27-13-9-25(10-14-27)7-8-26-11-15-28(16-12-26)32-22-20-30(24-32)18-6-4-2/h9-16,19-24H,3-6,17-18H2,1-2H3/q+2. The average molecular weight is 425 g/mol. The molecule has 0 saturated carbocycles. The van der Waals surface area contributed by atoms with E-state index in [1.54, 1.807) is 0 Å². The second-order valence-corrected chi connectivity index (χ2v) is 8.17. The molecule has 32 heavy (non-hydrogen) atoms. The number of nitrogens with zero attached hydrogens (tertiary/aromatic N) is 4. The predicted molar refractivity (Wildman–Crippen MR) is 128 cm³/mol. The van der Waals surface area contributed by atoms with Crippen LogP contribution in [0.25, 0.3) is 11.4 Å². The van der Waals surface area contributed by atoms with Gasteiger partial charge in [-0.05, 0) is 61.4 Å². The van der Waals surface area contributed by atoms with Crippen LogP contribution >= 0.6 is 0 Å². The first-order chi connectivity index (χ1) is 15.7. The molecule has 4 rings (SSSR count). The molecule has 0 unspecified atom stereocenters. The molecule has 4 aromatic rings. The first-order valence-electron chi connectivity index (χ1n) is 11.6. The van der Waals surface area contributed by atoms with Crippen molar-refractivity contribution in [3.05, 3.63) is 97.1 Å². The van der Waals surface area contributed by atoms with Crippen molar-refractivity contribution in [3.63, 3.8) is 0 Å². The summed E-state index contributed by atoms with van der Waals surface area (Å²) in [6, 6.07) is 16.8. The normalized spacial score (nSPS) is 10.7. The van der Waals surface area contributed by atoms with Gasteiger partial charge >= 0.3 is 0 Å². The van der Waals surface area contributed by atoms with Gasteiger partial charge in [-0.3, -0.25) is 0 Å². The third-order valence-corrected chi connectivity index (χ3v) is 5.60. The van der Waals surface area contributed by atoms with Gasteiger partial charge in [0.25, 0.3) is 0 Å². The number of hydrogen-bond acceptors (Lipinski definition) is 0. The van der Waals surface area contributed by atoms with Gasteiger partial charge in [0.1, 0.15) is 36.2 Å². The van der Waals surface area contributed by atoms with Gasteiger partial charge < -0.3 is 0 Å². The highest BCUT2D eigenvalue weighted by atomic mass is 15.1. The Balaban J connectivity index is 1.40. The van der Waals surface area contributed by atoms with Gasteiger partial charge in [-0.25, -0.2) is 18.3 Å². The number of hydrogen-bond donors (Lipinski definition) is 0. The third kappa shape index (κ3) is 5.56. The van der Waals surface area contributed by atoms with Crippen LogP contribution in [0.1, 0.15) is 50.7 Å². The van der Waals surface area contributed by atoms with E-state index in [1.807, 2.05) is 0 Å². The fourth-order valence-electron chi connectivity index (χ4n) is 3.62. The molecule has 0 radical (unpaired) electrons. The maximum Gasteiger partial charge on any atom is 0.248 e. The number of unbranched alkanes of at least 4 members (excludes halogenated alkanes) is 2. The summed E-state index contributed by atoms with van der Waals surface area (Å²) in [7, 11) is 0. The van der Waals surface area contributed by atoms with E-state index in [0.29, 0.717) is 0 Å². The van der Waals surface area contributed by atoms with E-state index < -0.39 is 0 Å². The molecule has 0 aliphatic rings. The van der Waals surface area contributed by atoms with Crippen LogP contribution in [-0.4, -0.2) is 9.13 Å². The van der Waals surface area contributed by atoms with Crippen LogP contribution in [0.3, 0.4) is 0 Å². The van der Waals surface area contributed by atoms with Gasteiger partial charge in [0.15, 0.2) is 0 Å². The minimum Gasteiger partial charge on any atom is -0.236 e. The highest BCUT2D eigenvalue weighted by Crippen LogP contribution is 2.10.